The average Bonchev–Trinajstić information content (AvgIpc) is 2.94. The van der Waals surface area contributed by atoms with Crippen molar-refractivity contribution >= 4 is 22.7 Å². The van der Waals surface area contributed by atoms with E-state index in [0.717, 1.165) is 29.4 Å². The molecule has 2 aromatic heterocycles. The van der Waals surface area contributed by atoms with E-state index in [4.69, 9.17) is 0 Å². The molecule has 1 N–H and O–H groups in total. The van der Waals surface area contributed by atoms with Gasteiger partial charge in [0.15, 0.2) is 5.01 Å². The molecule has 0 atom stereocenters. The molecule has 0 aliphatic carbocycles. The summed E-state index contributed by atoms with van der Waals surface area (Å²) in [7, 11) is 0. The van der Waals surface area contributed by atoms with Gasteiger partial charge < -0.3 is 5.32 Å². The Morgan fingerprint density at radius 3 is 2.94 bits per heavy atom. The van der Waals surface area contributed by atoms with E-state index in [1.54, 1.807) is 22.7 Å². The van der Waals surface area contributed by atoms with Crippen LogP contribution in [0, 0.1) is 0 Å². The summed E-state index contributed by atoms with van der Waals surface area (Å²) in [5.74, 6) is 0. The van der Waals surface area contributed by atoms with E-state index in [1.165, 1.54) is 4.88 Å². The highest BCUT2D eigenvalue weighted by molar-refractivity contribution is 7.20. The van der Waals surface area contributed by atoms with Crippen LogP contribution in [-0.4, -0.2) is 22.8 Å². The van der Waals surface area contributed by atoms with E-state index in [9.17, 15) is 0 Å². The fraction of sp³-hybridized carbons (Fsp3) is 0.500. The van der Waals surface area contributed by atoms with Gasteiger partial charge in [-0.15, -0.1) is 21.5 Å². The third-order valence-corrected chi connectivity index (χ3v) is 4.34. The van der Waals surface area contributed by atoms with Crippen LogP contribution in [0.3, 0.4) is 0 Å². The number of hydrogen-bond acceptors (Lipinski definition) is 5. The van der Waals surface area contributed by atoms with Gasteiger partial charge >= 0.3 is 0 Å². The smallest absolute Gasteiger partial charge is 0.157 e. The summed E-state index contributed by atoms with van der Waals surface area (Å²) in [5.41, 5.74) is 0. The van der Waals surface area contributed by atoms with Gasteiger partial charge in [0.1, 0.15) is 5.01 Å². The lowest BCUT2D eigenvalue weighted by Crippen LogP contribution is -2.23. The highest BCUT2D eigenvalue weighted by atomic mass is 32.1. The van der Waals surface area contributed by atoms with Crippen LogP contribution >= 0.6 is 22.7 Å². The summed E-state index contributed by atoms with van der Waals surface area (Å²) >= 11 is 3.43. The van der Waals surface area contributed by atoms with E-state index >= 15 is 0 Å². The quantitative estimate of drug-likeness (QED) is 0.817. The summed E-state index contributed by atoms with van der Waals surface area (Å²) in [6.07, 6.45) is 2.14. The Bertz CT molecular complexity index is 434. The monoisotopic (exact) mass is 267 g/mol. The molecule has 0 fully saturated rings. The number of rotatable bonds is 6. The molecule has 2 rings (SSSR count). The first kappa shape index (κ1) is 12.7. The van der Waals surface area contributed by atoms with E-state index in [-0.39, 0.29) is 0 Å². The molecular formula is C12H17N3S2. The summed E-state index contributed by atoms with van der Waals surface area (Å²) in [5, 5.41) is 16.1. The van der Waals surface area contributed by atoms with Crippen LogP contribution in [0.2, 0.25) is 0 Å². The average molecular weight is 267 g/mol. The summed E-state index contributed by atoms with van der Waals surface area (Å²) in [6, 6.07) is 4.70. The fourth-order valence-corrected chi connectivity index (χ4v) is 3.16. The first-order valence-electron chi connectivity index (χ1n) is 5.85. The maximum Gasteiger partial charge on any atom is 0.157 e. The van der Waals surface area contributed by atoms with E-state index in [0.29, 0.717) is 6.04 Å². The highest BCUT2D eigenvalue weighted by Gasteiger charge is 2.06. The minimum atomic E-state index is 0.561. The van der Waals surface area contributed by atoms with Gasteiger partial charge in [-0.2, -0.15) is 0 Å². The molecule has 17 heavy (non-hydrogen) atoms. The third-order valence-electron chi connectivity index (χ3n) is 2.32. The van der Waals surface area contributed by atoms with Crippen molar-refractivity contribution in [2.45, 2.75) is 32.7 Å². The standard InChI is InChI=1S/C12H17N3S2/c1-9(2)13-7-3-6-11-14-15-12(17-11)10-5-4-8-16-10/h4-5,8-9,13H,3,6-7H2,1-2H3. The molecule has 0 aromatic carbocycles. The Morgan fingerprint density at radius 1 is 1.35 bits per heavy atom. The molecule has 92 valence electrons. The number of nitrogens with one attached hydrogen (secondary N) is 1. The first-order chi connectivity index (χ1) is 8.25. The fourth-order valence-electron chi connectivity index (χ4n) is 1.48. The van der Waals surface area contributed by atoms with Crippen LogP contribution < -0.4 is 5.32 Å². The minimum Gasteiger partial charge on any atom is -0.315 e. The Labute approximate surface area is 110 Å². The molecule has 0 saturated heterocycles. The van der Waals surface area contributed by atoms with Crippen molar-refractivity contribution in [3.8, 4) is 9.88 Å². The zero-order valence-electron chi connectivity index (χ0n) is 10.1. The second-order valence-corrected chi connectivity index (χ2v) is 6.20. The predicted molar refractivity (Wildman–Crippen MR) is 74.7 cm³/mol. The summed E-state index contributed by atoms with van der Waals surface area (Å²) in [6.45, 7) is 5.38. The van der Waals surface area contributed by atoms with E-state index < -0.39 is 0 Å². The van der Waals surface area contributed by atoms with Crippen LogP contribution in [0.5, 0.6) is 0 Å². The molecule has 2 heterocycles. The van der Waals surface area contributed by atoms with Gasteiger partial charge in [-0.1, -0.05) is 31.3 Å². The molecule has 0 saturated carbocycles. The molecule has 0 unspecified atom stereocenters. The van der Waals surface area contributed by atoms with Crippen molar-refractivity contribution in [3.05, 3.63) is 22.5 Å². The van der Waals surface area contributed by atoms with Crippen molar-refractivity contribution < 1.29 is 0 Å². The largest absolute Gasteiger partial charge is 0.315 e. The maximum atomic E-state index is 4.24. The molecule has 3 nitrogen and oxygen atoms in total. The molecule has 0 spiro atoms. The number of nitrogens with zero attached hydrogens (tertiary/aromatic N) is 2. The number of aryl methyl sites for hydroxylation is 1. The minimum absolute atomic E-state index is 0.561. The highest BCUT2D eigenvalue weighted by Crippen LogP contribution is 2.27. The first-order valence-corrected chi connectivity index (χ1v) is 7.55. The Morgan fingerprint density at radius 2 is 2.24 bits per heavy atom. The van der Waals surface area contributed by atoms with Crippen molar-refractivity contribution in [1.29, 1.82) is 0 Å². The van der Waals surface area contributed by atoms with Gasteiger partial charge in [0, 0.05) is 12.5 Å². The molecule has 0 bridgehead atoms. The van der Waals surface area contributed by atoms with Crippen molar-refractivity contribution in [1.82, 2.24) is 15.5 Å². The predicted octanol–water partition coefficient (Wildman–Crippen LogP) is 3.20. The third kappa shape index (κ3) is 3.87. The van der Waals surface area contributed by atoms with Gasteiger partial charge in [-0.25, -0.2) is 0 Å². The maximum absolute atomic E-state index is 4.24. The van der Waals surface area contributed by atoms with Crippen LogP contribution in [-0.2, 0) is 6.42 Å². The zero-order valence-corrected chi connectivity index (χ0v) is 11.8. The van der Waals surface area contributed by atoms with E-state index in [2.05, 4.69) is 40.8 Å². The van der Waals surface area contributed by atoms with Crippen LogP contribution in [0.4, 0.5) is 0 Å². The van der Waals surface area contributed by atoms with Crippen molar-refractivity contribution in [2.24, 2.45) is 0 Å². The molecule has 2 aromatic rings. The molecule has 5 heteroatoms. The van der Waals surface area contributed by atoms with Gasteiger partial charge in [-0.05, 0) is 24.4 Å². The van der Waals surface area contributed by atoms with Gasteiger partial charge in [0.2, 0.25) is 0 Å². The second kappa shape index (κ2) is 6.23. The van der Waals surface area contributed by atoms with Gasteiger partial charge in [0.05, 0.1) is 4.88 Å². The Hall–Kier alpha value is -0.780. The lowest BCUT2D eigenvalue weighted by molar-refractivity contribution is 0.569. The van der Waals surface area contributed by atoms with Crippen molar-refractivity contribution in [2.75, 3.05) is 6.54 Å². The Kier molecular flexibility index (Phi) is 4.65. The normalized spacial score (nSPS) is 11.2. The topological polar surface area (TPSA) is 37.8 Å². The van der Waals surface area contributed by atoms with Gasteiger partial charge in [-0.3, -0.25) is 0 Å². The molecule has 0 amide bonds. The van der Waals surface area contributed by atoms with Crippen LogP contribution in [0.15, 0.2) is 17.5 Å². The number of hydrogen-bond donors (Lipinski definition) is 1. The molecular weight excluding hydrogens is 250 g/mol. The Balaban J connectivity index is 1.83. The van der Waals surface area contributed by atoms with Crippen LogP contribution in [0.25, 0.3) is 9.88 Å². The zero-order chi connectivity index (χ0) is 12.1. The molecule has 0 radical (unpaired) electrons. The SMILES string of the molecule is CC(C)NCCCc1nnc(-c2cccs2)s1. The lowest BCUT2D eigenvalue weighted by atomic mass is 10.3. The van der Waals surface area contributed by atoms with E-state index in [1.807, 2.05) is 6.07 Å². The lowest BCUT2D eigenvalue weighted by Gasteiger charge is -2.05. The number of aromatic nitrogens is 2. The summed E-state index contributed by atoms with van der Waals surface area (Å²) < 4.78 is 0. The van der Waals surface area contributed by atoms with Gasteiger partial charge in [0.25, 0.3) is 0 Å². The van der Waals surface area contributed by atoms with Crippen LogP contribution in [0.1, 0.15) is 25.3 Å². The molecule has 0 aliphatic heterocycles. The molecule has 0 aliphatic rings. The van der Waals surface area contributed by atoms with Crippen molar-refractivity contribution in [3.63, 3.8) is 0 Å². The summed E-state index contributed by atoms with van der Waals surface area (Å²) in [4.78, 5) is 1.22. The second-order valence-electron chi connectivity index (χ2n) is 4.19. The number of thiophene rings is 1.